The van der Waals surface area contributed by atoms with E-state index < -0.39 is 23.8 Å². The summed E-state index contributed by atoms with van der Waals surface area (Å²) in [6.45, 7) is 0. The predicted molar refractivity (Wildman–Crippen MR) is 73.6 cm³/mol. The molecule has 102 valence electrons. The summed E-state index contributed by atoms with van der Waals surface area (Å²) in [5.74, 6) is -4.52. The van der Waals surface area contributed by atoms with Crippen LogP contribution < -0.4 is 0 Å². The van der Waals surface area contributed by atoms with Gasteiger partial charge in [-0.3, -0.25) is 9.59 Å². The molecule has 2 rings (SSSR count). The van der Waals surface area contributed by atoms with E-state index in [9.17, 15) is 19.8 Å². The molecular weight excluding hydrogens is 256 g/mol. The zero-order valence-corrected chi connectivity index (χ0v) is 10.6. The van der Waals surface area contributed by atoms with Gasteiger partial charge in [-0.05, 0) is 11.1 Å². The van der Waals surface area contributed by atoms with Gasteiger partial charge in [-0.1, -0.05) is 60.7 Å². The Labute approximate surface area is 116 Å². The number of benzene rings is 2. The van der Waals surface area contributed by atoms with Crippen molar-refractivity contribution in [2.24, 2.45) is 0 Å². The van der Waals surface area contributed by atoms with Crippen LogP contribution in [0.4, 0.5) is 0 Å². The van der Waals surface area contributed by atoms with Crippen molar-refractivity contribution in [3.63, 3.8) is 0 Å². The molecule has 4 nitrogen and oxygen atoms in total. The van der Waals surface area contributed by atoms with Crippen LogP contribution >= 0.6 is 0 Å². The highest BCUT2D eigenvalue weighted by Crippen LogP contribution is 2.33. The second-order valence-corrected chi connectivity index (χ2v) is 4.45. The Morgan fingerprint density at radius 2 is 0.950 bits per heavy atom. The van der Waals surface area contributed by atoms with E-state index in [2.05, 4.69) is 0 Å². The summed E-state index contributed by atoms with van der Waals surface area (Å²) >= 11 is 0. The number of carboxylic acid groups (broad SMARTS) is 2. The van der Waals surface area contributed by atoms with E-state index in [1.54, 1.807) is 60.7 Å². The molecule has 0 fully saturated rings. The molecule has 0 radical (unpaired) electrons. The smallest absolute Gasteiger partial charge is 0.312 e. The fourth-order valence-corrected chi connectivity index (χ4v) is 2.28. The van der Waals surface area contributed by atoms with E-state index in [0.717, 1.165) is 0 Å². The highest BCUT2D eigenvalue weighted by molar-refractivity contribution is 5.88. The van der Waals surface area contributed by atoms with Crippen molar-refractivity contribution in [1.82, 2.24) is 0 Å². The van der Waals surface area contributed by atoms with Crippen LogP contribution in [0.25, 0.3) is 0 Å². The lowest BCUT2D eigenvalue weighted by molar-refractivity contribution is -0.147. The highest BCUT2D eigenvalue weighted by atomic mass is 16.4. The molecule has 2 atom stereocenters. The van der Waals surface area contributed by atoms with E-state index in [1.807, 2.05) is 0 Å². The van der Waals surface area contributed by atoms with Gasteiger partial charge < -0.3 is 10.2 Å². The van der Waals surface area contributed by atoms with Crippen molar-refractivity contribution in [3.8, 4) is 0 Å². The summed E-state index contributed by atoms with van der Waals surface area (Å²) in [6.07, 6.45) is 0. The number of rotatable bonds is 5. The maximum Gasteiger partial charge on any atom is 0.312 e. The molecule has 2 aromatic rings. The molecule has 0 unspecified atom stereocenters. The number of carboxylic acids is 2. The van der Waals surface area contributed by atoms with Crippen molar-refractivity contribution in [2.75, 3.05) is 0 Å². The van der Waals surface area contributed by atoms with Crippen molar-refractivity contribution in [3.05, 3.63) is 71.8 Å². The van der Waals surface area contributed by atoms with Gasteiger partial charge in [0.05, 0.1) is 11.8 Å². The predicted octanol–water partition coefficient (Wildman–Crippen LogP) is 2.72. The van der Waals surface area contributed by atoms with Crippen LogP contribution in [0.2, 0.25) is 0 Å². The third-order valence-corrected chi connectivity index (χ3v) is 3.18. The summed E-state index contributed by atoms with van der Waals surface area (Å²) in [6, 6.07) is 16.9. The lowest BCUT2D eigenvalue weighted by Crippen LogP contribution is -2.26. The zero-order valence-electron chi connectivity index (χ0n) is 10.6. The van der Waals surface area contributed by atoms with Crippen LogP contribution in [0.1, 0.15) is 23.0 Å². The standard InChI is InChI=1S/C16H14O4/c17-15(18)13(11-7-3-1-4-8-11)14(16(19)20)12-9-5-2-6-10-12/h1-10,13-14H,(H,17,18)(H,19,20)/t13-,14-/m0/s1. The highest BCUT2D eigenvalue weighted by Gasteiger charge is 2.36. The fraction of sp³-hybridized carbons (Fsp3) is 0.125. The van der Waals surface area contributed by atoms with Gasteiger partial charge in [0.2, 0.25) is 0 Å². The first-order valence-corrected chi connectivity index (χ1v) is 6.16. The topological polar surface area (TPSA) is 74.6 Å². The molecule has 0 spiro atoms. The van der Waals surface area contributed by atoms with Gasteiger partial charge in [-0.15, -0.1) is 0 Å². The minimum Gasteiger partial charge on any atom is -0.481 e. The molecule has 2 N–H and O–H groups in total. The van der Waals surface area contributed by atoms with Crippen LogP contribution in [0.3, 0.4) is 0 Å². The molecule has 2 aromatic carbocycles. The molecule has 0 aliphatic carbocycles. The van der Waals surface area contributed by atoms with Crippen LogP contribution in [0, 0.1) is 0 Å². The van der Waals surface area contributed by atoms with Crippen molar-refractivity contribution in [1.29, 1.82) is 0 Å². The van der Waals surface area contributed by atoms with Gasteiger partial charge in [-0.25, -0.2) is 0 Å². The van der Waals surface area contributed by atoms with E-state index in [4.69, 9.17) is 0 Å². The van der Waals surface area contributed by atoms with Crippen LogP contribution in [-0.2, 0) is 9.59 Å². The molecule has 0 aromatic heterocycles. The minimum absolute atomic E-state index is 0.483. The molecule has 0 saturated heterocycles. The monoisotopic (exact) mass is 270 g/mol. The average molecular weight is 270 g/mol. The Morgan fingerprint density at radius 1 is 0.650 bits per heavy atom. The second-order valence-electron chi connectivity index (χ2n) is 4.45. The first-order chi connectivity index (χ1) is 9.61. The van der Waals surface area contributed by atoms with Gasteiger partial charge in [0, 0.05) is 0 Å². The minimum atomic E-state index is -1.15. The third-order valence-electron chi connectivity index (χ3n) is 3.18. The first-order valence-electron chi connectivity index (χ1n) is 6.16. The van der Waals surface area contributed by atoms with Crippen LogP contribution in [0.5, 0.6) is 0 Å². The number of hydrogen-bond acceptors (Lipinski definition) is 2. The Morgan fingerprint density at radius 3 is 1.20 bits per heavy atom. The lowest BCUT2D eigenvalue weighted by atomic mass is 9.81. The van der Waals surface area contributed by atoms with Crippen LogP contribution in [-0.4, -0.2) is 22.2 Å². The van der Waals surface area contributed by atoms with Gasteiger partial charge >= 0.3 is 11.9 Å². The molecule has 0 amide bonds. The maximum atomic E-state index is 11.6. The Kier molecular flexibility index (Phi) is 4.15. The fourth-order valence-electron chi connectivity index (χ4n) is 2.28. The first kappa shape index (κ1) is 13.8. The van der Waals surface area contributed by atoms with Gasteiger partial charge in [0.15, 0.2) is 0 Å². The van der Waals surface area contributed by atoms with Crippen molar-refractivity contribution < 1.29 is 19.8 Å². The normalized spacial score (nSPS) is 13.4. The van der Waals surface area contributed by atoms with E-state index in [-0.39, 0.29) is 0 Å². The molecular formula is C16H14O4. The summed E-state index contributed by atoms with van der Waals surface area (Å²) in [4.78, 5) is 23.1. The van der Waals surface area contributed by atoms with E-state index in [1.165, 1.54) is 0 Å². The Hall–Kier alpha value is -2.62. The Bertz CT molecular complexity index is 537. The lowest BCUT2D eigenvalue weighted by Gasteiger charge is -2.21. The molecule has 20 heavy (non-hydrogen) atoms. The summed E-state index contributed by atoms with van der Waals surface area (Å²) in [7, 11) is 0. The zero-order chi connectivity index (χ0) is 14.5. The average Bonchev–Trinajstić information content (AvgIpc) is 2.45. The summed E-state index contributed by atoms with van der Waals surface area (Å²) in [5, 5.41) is 18.9. The van der Waals surface area contributed by atoms with Crippen LogP contribution in [0.15, 0.2) is 60.7 Å². The number of aliphatic carboxylic acids is 2. The van der Waals surface area contributed by atoms with Gasteiger partial charge in [0.1, 0.15) is 0 Å². The quantitative estimate of drug-likeness (QED) is 0.876. The van der Waals surface area contributed by atoms with Crippen molar-refractivity contribution >= 4 is 11.9 Å². The molecule has 0 aliphatic heterocycles. The molecule has 0 saturated carbocycles. The Balaban J connectivity index is 2.50. The van der Waals surface area contributed by atoms with E-state index >= 15 is 0 Å². The summed E-state index contributed by atoms with van der Waals surface area (Å²) < 4.78 is 0. The molecule has 4 heteroatoms. The molecule has 0 heterocycles. The third kappa shape index (κ3) is 2.85. The number of hydrogen-bond donors (Lipinski definition) is 2. The largest absolute Gasteiger partial charge is 0.481 e. The van der Waals surface area contributed by atoms with Gasteiger partial charge in [0.25, 0.3) is 0 Å². The number of carbonyl (C=O) groups is 2. The van der Waals surface area contributed by atoms with Gasteiger partial charge in [-0.2, -0.15) is 0 Å². The second kappa shape index (κ2) is 6.02. The molecule has 0 bridgehead atoms. The maximum absolute atomic E-state index is 11.6. The SMILES string of the molecule is O=C(O)[C@@H](c1ccccc1)[C@@H](C(=O)O)c1ccccc1. The molecule has 0 aliphatic rings. The van der Waals surface area contributed by atoms with E-state index in [0.29, 0.717) is 11.1 Å². The van der Waals surface area contributed by atoms with Crippen molar-refractivity contribution in [2.45, 2.75) is 11.8 Å². The summed E-state index contributed by atoms with van der Waals surface area (Å²) in [5.41, 5.74) is 0.965.